The van der Waals surface area contributed by atoms with Gasteiger partial charge < -0.3 is 0 Å². The first-order chi connectivity index (χ1) is 14.5. The summed E-state index contributed by atoms with van der Waals surface area (Å²) in [5.41, 5.74) is 5.37. The third-order valence-corrected chi connectivity index (χ3v) is 6.39. The lowest BCUT2D eigenvalue weighted by Gasteiger charge is -2.20. The molecule has 0 aliphatic heterocycles. The molecule has 2 aromatic rings. The summed E-state index contributed by atoms with van der Waals surface area (Å²) < 4.78 is 0. The van der Waals surface area contributed by atoms with Gasteiger partial charge >= 0.3 is 0 Å². The van der Waals surface area contributed by atoms with E-state index in [0.29, 0.717) is 12.8 Å². The number of hydrogen-bond acceptors (Lipinski definition) is 3. The summed E-state index contributed by atoms with van der Waals surface area (Å²) in [6.07, 6.45) is 5.86. The lowest BCUT2D eigenvalue weighted by atomic mass is 9.83. The van der Waals surface area contributed by atoms with Gasteiger partial charge in [0, 0.05) is 24.0 Å². The zero-order valence-corrected chi connectivity index (χ0v) is 17.5. The van der Waals surface area contributed by atoms with Crippen LogP contribution in [-0.2, 0) is 4.79 Å². The molecule has 0 bridgehead atoms. The third-order valence-electron chi connectivity index (χ3n) is 6.39. The number of carbonyl (C=O) groups excluding carboxylic acids is 3. The fraction of sp³-hybridized carbons (Fsp3) is 0.296. The van der Waals surface area contributed by atoms with Gasteiger partial charge in [-0.3, -0.25) is 14.4 Å². The highest BCUT2D eigenvalue weighted by Gasteiger charge is 2.30. The van der Waals surface area contributed by atoms with Gasteiger partial charge in [0.25, 0.3) is 0 Å². The second-order valence-corrected chi connectivity index (χ2v) is 8.18. The minimum absolute atomic E-state index is 0.0316. The molecule has 4 rings (SSSR count). The topological polar surface area (TPSA) is 51.2 Å². The van der Waals surface area contributed by atoms with Crippen molar-refractivity contribution in [3.8, 4) is 0 Å². The van der Waals surface area contributed by atoms with Gasteiger partial charge in [0.2, 0.25) is 0 Å². The minimum atomic E-state index is 0.0316. The summed E-state index contributed by atoms with van der Waals surface area (Å²) in [5.74, 6) is 0.320. The molecule has 0 amide bonds. The van der Waals surface area contributed by atoms with Crippen molar-refractivity contribution in [2.24, 2.45) is 11.8 Å². The number of rotatable bonds is 8. The number of Topliss-reactive ketones (excluding diaryl/α,β-unsaturated/α-hetero) is 1. The van der Waals surface area contributed by atoms with E-state index in [2.05, 4.69) is 13.8 Å². The molecule has 0 N–H and O–H groups in total. The predicted molar refractivity (Wildman–Crippen MR) is 119 cm³/mol. The molecule has 0 heterocycles. The molecule has 2 atom stereocenters. The maximum Gasteiger partial charge on any atom is 0.186 e. The summed E-state index contributed by atoms with van der Waals surface area (Å²) in [4.78, 5) is 37.7. The van der Waals surface area contributed by atoms with E-state index >= 15 is 0 Å². The molecule has 0 saturated heterocycles. The van der Waals surface area contributed by atoms with Gasteiger partial charge in [-0.2, -0.15) is 0 Å². The maximum atomic E-state index is 13.1. The standard InChI is InChI=1S/C27H26O3/c1-3-17(24-15-26(29)22-11-7-5-9-20(22)24)13-19(28)14-18(4-2)25-16-27(30)23-12-8-6-10-21(23)25/h5-12,15-18H,3-4,13-14H2,1-2H3. The summed E-state index contributed by atoms with van der Waals surface area (Å²) in [7, 11) is 0. The first-order valence-electron chi connectivity index (χ1n) is 10.8. The fourth-order valence-corrected chi connectivity index (χ4v) is 4.75. The van der Waals surface area contributed by atoms with Crippen LogP contribution in [0.2, 0.25) is 0 Å². The molecule has 2 unspecified atom stereocenters. The van der Waals surface area contributed by atoms with Crippen LogP contribution in [0.15, 0.2) is 60.7 Å². The van der Waals surface area contributed by atoms with Crippen molar-refractivity contribution in [2.45, 2.75) is 39.5 Å². The van der Waals surface area contributed by atoms with Gasteiger partial charge in [-0.25, -0.2) is 0 Å². The Labute approximate surface area is 177 Å². The Morgan fingerprint density at radius 3 is 1.40 bits per heavy atom. The fourth-order valence-electron chi connectivity index (χ4n) is 4.75. The minimum Gasteiger partial charge on any atom is -0.300 e. The van der Waals surface area contributed by atoms with Crippen molar-refractivity contribution >= 4 is 28.5 Å². The van der Waals surface area contributed by atoms with Gasteiger partial charge in [0.15, 0.2) is 11.6 Å². The Morgan fingerprint density at radius 2 is 1.03 bits per heavy atom. The summed E-state index contributed by atoms with van der Waals surface area (Å²) >= 11 is 0. The van der Waals surface area contributed by atoms with Crippen molar-refractivity contribution in [1.29, 1.82) is 0 Å². The maximum absolute atomic E-state index is 13.1. The SMILES string of the molecule is CCC(CC(=O)CC(CC)C1=CC(=O)c2ccccc21)C1=CC(=O)c2ccccc21. The lowest BCUT2D eigenvalue weighted by molar-refractivity contribution is -0.120. The van der Waals surface area contributed by atoms with E-state index in [0.717, 1.165) is 46.2 Å². The largest absolute Gasteiger partial charge is 0.300 e. The Hall–Kier alpha value is -3.07. The molecule has 2 aliphatic carbocycles. The van der Waals surface area contributed by atoms with Crippen LogP contribution in [0.4, 0.5) is 0 Å². The van der Waals surface area contributed by atoms with Crippen LogP contribution >= 0.6 is 0 Å². The molecule has 0 spiro atoms. The van der Waals surface area contributed by atoms with Crippen molar-refractivity contribution in [1.82, 2.24) is 0 Å². The average molecular weight is 399 g/mol. The highest BCUT2D eigenvalue weighted by atomic mass is 16.1. The highest BCUT2D eigenvalue weighted by Crippen LogP contribution is 2.39. The molecule has 30 heavy (non-hydrogen) atoms. The van der Waals surface area contributed by atoms with Crippen molar-refractivity contribution < 1.29 is 14.4 Å². The van der Waals surface area contributed by atoms with Crippen LogP contribution in [0.3, 0.4) is 0 Å². The van der Waals surface area contributed by atoms with Crippen LogP contribution in [0.5, 0.6) is 0 Å². The number of carbonyl (C=O) groups is 3. The van der Waals surface area contributed by atoms with E-state index in [1.54, 1.807) is 12.2 Å². The average Bonchev–Trinajstić information content (AvgIpc) is 3.28. The van der Waals surface area contributed by atoms with Crippen LogP contribution in [-0.4, -0.2) is 17.3 Å². The van der Waals surface area contributed by atoms with Crippen molar-refractivity contribution in [3.63, 3.8) is 0 Å². The Morgan fingerprint density at radius 1 is 0.667 bits per heavy atom. The van der Waals surface area contributed by atoms with Crippen molar-refractivity contribution in [3.05, 3.63) is 82.9 Å². The lowest BCUT2D eigenvalue weighted by Crippen LogP contribution is -2.14. The normalized spacial score (nSPS) is 16.6. The van der Waals surface area contributed by atoms with Gasteiger partial charge in [-0.05, 0) is 59.1 Å². The highest BCUT2D eigenvalue weighted by molar-refractivity contribution is 6.17. The number of fused-ring (bicyclic) bond motifs is 2. The first-order valence-corrected chi connectivity index (χ1v) is 10.8. The molecule has 2 aliphatic rings. The van der Waals surface area contributed by atoms with Crippen molar-refractivity contribution in [2.75, 3.05) is 0 Å². The number of ketones is 3. The van der Waals surface area contributed by atoms with E-state index in [9.17, 15) is 14.4 Å². The van der Waals surface area contributed by atoms with Gasteiger partial charge in [0.1, 0.15) is 5.78 Å². The zero-order chi connectivity index (χ0) is 21.3. The van der Waals surface area contributed by atoms with Gasteiger partial charge in [-0.15, -0.1) is 0 Å². The number of allylic oxidation sites excluding steroid dienone is 4. The molecule has 152 valence electrons. The third kappa shape index (κ3) is 3.60. The summed E-state index contributed by atoms with van der Waals surface area (Å²) in [5, 5.41) is 0. The summed E-state index contributed by atoms with van der Waals surface area (Å²) in [6.45, 7) is 4.13. The Bertz CT molecular complexity index is 1000. The molecular formula is C27H26O3. The number of benzene rings is 2. The number of hydrogen-bond donors (Lipinski definition) is 0. The Balaban J connectivity index is 1.50. The van der Waals surface area contributed by atoms with Gasteiger partial charge in [-0.1, -0.05) is 62.4 Å². The molecule has 3 heteroatoms. The van der Waals surface area contributed by atoms with Gasteiger partial charge in [0.05, 0.1) is 0 Å². The molecule has 0 aromatic heterocycles. The second kappa shape index (κ2) is 8.35. The summed E-state index contributed by atoms with van der Waals surface area (Å²) in [6, 6.07) is 15.3. The Kier molecular flexibility index (Phi) is 5.63. The molecule has 2 aromatic carbocycles. The van der Waals surface area contributed by atoms with E-state index in [1.807, 2.05) is 48.5 Å². The molecule has 0 saturated carbocycles. The van der Waals surface area contributed by atoms with Crippen LogP contribution in [0, 0.1) is 11.8 Å². The monoisotopic (exact) mass is 398 g/mol. The quantitative estimate of drug-likeness (QED) is 0.552. The predicted octanol–water partition coefficient (Wildman–Crippen LogP) is 5.95. The van der Waals surface area contributed by atoms with E-state index in [-0.39, 0.29) is 29.2 Å². The smallest absolute Gasteiger partial charge is 0.186 e. The first kappa shape index (κ1) is 20.2. The molecular weight excluding hydrogens is 372 g/mol. The second-order valence-electron chi connectivity index (χ2n) is 8.18. The molecule has 3 nitrogen and oxygen atoms in total. The van der Waals surface area contributed by atoms with Crippen LogP contribution in [0.25, 0.3) is 11.1 Å². The molecule has 0 fully saturated rings. The van der Waals surface area contributed by atoms with E-state index in [4.69, 9.17) is 0 Å². The van der Waals surface area contributed by atoms with E-state index in [1.165, 1.54) is 0 Å². The zero-order valence-electron chi connectivity index (χ0n) is 17.5. The van der Waals surface area contributed by atoms with Crippen LogP contribution in [0.1, 0.15) is 71.4 Å². The van der Waals surface area contributed by atoms with Crippen LogP contribution < -0.4 is 0 Å². The molecule has 0 radical (unpaired) electrons. The van der Waals surface area contributed by atoms with E-state index < -0.39 is 0 Å².